The van der Waals surface area contributed by atoms with Crippen LogP contribution < -0.4 is 20.5 Å². The van der Waals surface area contributed by atoms with Crippen LogP contribution in [0.3, 0.4) is 0 Å². The molecule has 0 fully saturated rings. The van der Waals surface area contributed by atoms with Crippen molar-refractivity contribution < 1.29 is 14.3 Å². The minimum absolute atomic E-state index is 0.0661. The molecule has 0 spiro atoms. The number of carbonyl (C=O) groups is 1. The number of halogens is 1. The van der Waals surface area contributed by atoms with Crippen LogP contribution in [0.15, 0.2) is 30.3 Å². The summed E-state index contributed by atoms with van der Waals surface area (Å²) in [4.78, 5) is 12.7. The number of nitrogen functional groups attached to an aromatic ring is 1. The highest BCUT2D eigenvalue weighted by Crippen LogP contribution is 2.37. The second-order valence-electron chi connectivity index (χ2n) is 5.67. The van der Waals surface area contributed by atoms with Crippen molar-refractivity contribution >= 4 is 23.2 Å². The number of hydrogen-bond donors (Lipinski definition) is 2. The maximum Gasteiger partial charge on any atom is 0.255 e. The Balaban J connectivity index is 1.87. The Morgan fingerprint density at radius 3 is 2.71 bits per heavy atom. The molecule has 0 bridgehead atoms. The molecule has 0 heterocycles. The molecule has 24 heavy (non-hydrogen) atoms. The fourth-order valence-corrected chi connectivity index (χ4v) is 3.28. The van der Waals surface area contributed by atoms with Crippen molar-refractivity contribution in [3.63, 3.8) is 0 Å². The molecule has 126 valence electrons. The fraction of sp³-hybridized carbons (Fsp3) is 0.278. The lowest BCUT2D eigenvalue weighted by molar-refractivity contribution is 0.0933. The molecule has 5 nitrogen and oxygen atoms in total. The van der Waals surface area contributed by atoms with E-state index in [1.165, 1.54) is 13.2 Å². The van der Waals surface area contributed by atoms with Crippen molar-refractivity contribution in [1.82, 2.24) is 5.32 Å². The lowest BCUT2D eigenvalue weighted by atomic mass is 10.1. The predicted octanol–water partition coefficient (Wildman–Crippen LogP) is 3.36. The first kappa shape index (κ1) is 16.5. The molecule has 1 aliphatic rings. The monoisotopic (exact) mass is 346 g/mol. The third-order valence-corrected chi connectivity index (χ3v) is 4.64. The van der Waals surface area contributed by atoms with Gasteiger partial charge in [-0.15, -0.1) is 0 Å². The number of benzene rings is 2. The Kier molecular flexibility index (Phi) is 4.53. The molecule has 6 heteroatoms. The first-order chi connectivity index (χ1) is 11.5. The Hall–Kier alpha value is -2.40. The van der Waals surface area contributed by atoms with E-state index < -0.39 is 0 Å². The third-order valence-electron chi connectivity index (χ3n) is 4.32. The van der Waals surface area contributed by atoms with Crippen LogP contribution in [0.25, 0.3) is 0 Å². The van der Waals surface area contributed by atoms with Gasteiger partial charge in [-0.05, 0) is 36.1 Å². The molecule has 3 rings (SSSR count). The maximum atomic E-state index is 12.7. The fourth-order valence-electron chi connectivity index (χ4n) is 3.11. The third kappa shape index (κ3) is 2.87. The summed E-state index contributed by atoms with van der Waals surface area (Å²) in [5.41, 5.74) is 8.74. The number of nitrogens with one attached hydrogen (secondary N) is 1. The van der Waals surface area contributed by atoms with E-state index in [0.717, 1.165) is 29.7 Å². The second-order valence-corrected chi connectivity index (χ2v) is 6.07. The van der Waals surface area contributed by atoms with E-state index in [4.69, 9.17) is 26.8 Å². The Bertz CT molecular complexity index is 792. The van der Waals surface area contributed by atoms with Crippen molar-refractivity contribution in [1.29, 1.82) is 0 Å². The van der Waals surface area contributed by atoms with Crippen molar-refractivity contribution in [2.75, 3.05) is 20.0 Å². The summed E-state index contributed by atoms with van der Waals surface area (Å²) in [7, 11) is 3.15. The van der Waals surface area contributed by atoms with Gasteiger partial charge in [-0.1, -0.05) is 23.7 Å². The molecule has 0 aromatic heterocycles. The zero-order chi connectivity index (χ0) is 17.3. The topological polar surface area (TPSA) is 73.6 Å². The molecule has 1 atom stereocenters. The van der Waals surface area contributed by atoms with Gasteiger partial charge in [0.2, 0.25) is 0 Å². The number of anilines is 1. The summed E-state index contributed by atoms with van der Waals surface area (Å²) in [5.74, 6) is 1.02. The highest BCUT2D eigenvalue weighted by molar-refractivity contribution is 6.33. The van der Waals surface area contributed by atoms with Crippen molar-refractivity contribution in [2.24, 2.45) is 0 Å². The van der Waals surface area contributed by atoms with Gasteiger partial charge in [0.15, 0.2) is 0 Å². The predicted molar refractivity (Wildman–Crippen MR) is 93.9 cm³/mol. The van der Waals surface area contributed by atoms with Crippen LogP contribution in [-0.2, 0) is 6.42 Å². The highest BCUT2D eigenvalue weighted by Gasteiger charge is 2.27. The van der Waals surface area contributed by atoms with E-state index in [1.54, 1.807) is 13.2 Å². The van der Waals surface area contributed by atoms with Crippen LogP contribution in [0.5, 0.6) is 11.5 Å². The number of carbonyl (C=O) groups excluding carboxylic acids is 1. The Labute approximate surface area is 145 Å². The van der Waals surface area contributed by atoms with Crippen LogP contribution in [-0.4, -0.2) is 20.1 Å². The minimum Gasteiger partial charge on any atom is -0.496 e. The van der Waals surface area contributed by atoms with E-state index in [2.05, 4.69) is 5.32 Å². The van der Waals surface area contributed by atoms with Gasteiger partial charge in [0.05, 0.1) is 36.5 Å². The van der Waals surface area contributed by atoms with Crippen molar-refractivity contribution in [3.8, 4) is 11.5 Å². The lowest BCUT2D eigenvalue weighted by Crippen LogP contribution is -2.27. The van der Waals surface area contributed by atoms with Gasteiger partial charge in [-0.25, -0.2) is 0 Å². The van der Waals surface area contributed by atoms with E-state index in [-0.39, 0.29) is 11.9 Å². The van der Waals surface area contributed by atoms with E-state index in [1.807, 2.05) is 18.2 Å². The molecule has 1 unspecified atom stereocenters. The van der Waals surface area contributed by atoms with Gasteiger partial charge in [-0.2, -0.15) is 0 Å². The summed E-state index contributed by atoms with van der Waals surface area (Å²) >= 11 is 6.05. The summed E-state index contributed by atoms with van der Waals surface area (Å²) in [6.45, 7) is 0. The molecule has 2 aromatic carbocycles. The smallest absolute Gasteiger partial charge is 0.255 e. The standard InChI is InChI=1S/C18H19ClN2O3/c1-23-16-5-3-4-10-11(16)6-7-15(10)21-18(22)12-8-13(19)14(20)9-17(12)24-2/h3-5,8-9,15H,6-7,20H2,1-2H3,(H,21,22). The summed E-state index contributed by atoms with van der Waals surface area (Å²) in [6, 6.07) is 8.91. The first-order valence-electron chi connectivity index (χ1n) is 7.64. The average Bonchev–Trinajstić information content (AvgIpc) is 2.99. The molecule has 2 aromatic rings. The number of fused-ring (bicyclic) bond motifs is 1. The van der Waals surface area contributed by atoms with Crippen molar-refractivity contribution in [3.05, 3.63) is 52.0 Å². The van der Waals surface area contributed by atoms with Gasteiger partial charge < -0.3 is 20.5 Å². The molecule has 1 amide bonds. The Morgan fingerprint density at radius 1 is 1.25 bits per heavy atom. The van der Waals surface area contributed by atoms with Gasteiger partial charge in [0.25, 0.3) is 5.91 Å². The molecule has 0 saturated heterocycles. The summed E-state index contributed by atoms with van der Waals surface area (Å²) < 4.78 is 10.6. The summed E-state index contributed by atoms with van der Waals surface area (Å²) in [6.07, 6.45) is 1.69. The van der Waals surface area contributed by atoms with Crippen LogP contribution in [0, 0.1) is 0 Å². The number of hydrogen-bond acceptors (Lipinski definition) is 4. The lowest BCUT2D eigenvalue weighted by Gasteiger charge is -2.17. The maximum absolute atomic E-state index is 12.7. The van der Waals surface area contributed by atoms with Gasteiger partial charge >= 0.3 is 0 Å². The largest absolute Gasteiger partial charge is 0.496 e. The Morgan fingerprint density at radius 2 is 2.00 bits per heavy atom. The first-order valence-corrected chi connectivity index (χ1v) is 8.02. The molecular weight excluding hydrogens is 328 g/mol. The number of rotatable bonds is 4. The zero-order valence-electron chi connectivity index (χ0n) is 13.6. The van der Waals surface area contributed by atoms with Crippen LogP contribution in [0.1, 0.15) is 33.9 Å². The molecule has 0 saturated carbocycles. The van der Waals surface area contributed by atoms with Crippen LogP contribution in [0.4, 0.5) is 5.69 Å². The second kappa shape index (κ2) is 6.61. The zero-order valence-corrected chi connectivity index (χ0v) is 14.3. The number of methoxy groups -OCH3 is 2. The van der Waals surface area contributed by atoms with E-state index >= 15 is 0 Å². The van der Waals surface area contributed by atoms with Crippen LogP contribution in [0.2, 0.25) is 5.02 Å². The van der Waals surface area contributed by atoms with Crippen LogP contribution >= 0.6 is 11.6 Å². The van der Waals surface area contributed by atoms with Gasteiger partial charge in [-0.3, -0.25) is 4.79 Å². The van der Waals surface area contributed by atoms with Gasteiger partial charge in [0, 0.05) is 6.07 Å². The van der Waals surface area contributed by atoms with E-state index in [0.29, 0.717) is 22.0 Å². The molecule has 1 aliphatic carbocycles. The van der Waals surface area contributed by atoms with Gasteiger partial charge in [0.1, 0.15) is 11.5 Å². The number of amides is 1. The number of nitrogens with two attached hydrogens (primary N) is 1. The molecule has 3 N–H and O–H groups in total. The summed E-state index contributed by atoms with van der Waals surface area (Å²) in [5, 5.41) is 3.38. The average molecular weight is 347 g/mol. The SMILES string of the molecule is COc1cc(N)c(Cl)cc1C(=O)NC1CCc2c(OC)cccc21. The molecule has 0 aliphatic heterocycles. The minimum atomic E-state index is -0.241. The normalized spacial score (nSPS) is 15.7. The molecule has 0 radical (unpaired) electrons. The van der Waals surface area contributed by atoms with Crippen molar-refractivity contribution in [2.45, 2.75) is 18.9 Å². The highest BCUT2D eigenvalue weighted by atomic mass is 35.5. The number of ether oxygens (including phenoxy) is 2. The quantitative estimate of drug-likeness (QED) is 0.832. The molecular formula is C18H19ClN2O3. The van der Waals surface area contributed by atoms with E-state index in [9.17, 15) is 4.79 Å².